The van der Waals surface area contributed by atoms with Crippen LogP contribution in [0.5, 0.6) is 0 Å². The third-order valence-corrected chi connectivity index (χ3v) is 5.12. The standard InChI is InChI=1S/C22H22N4O/c1-15-13-18(16-5-3-2-4-6-16)21(23-15)22-24-19-8-7-17(14-20(19)25-22)26-9-11-27-12-10-26/h2-8,13-14,23H,9-12H2,1H3,(H,24,25). The topological polar surface area (TPSA) is 56.9 Å². The maximum atomic E-state index is 5.46. The second-order valence-corrected chi connectivity index (χ2v) is 6.99. The Morgan fingerprint density at radius 2 is 1.78 bits per heavy atom. The van der Waals surface area contributed by atoms with Crippen molar-refractivity contribution in [1.29, 1.82) is 0 Å². The largest absolute Gasteiger partial charge is 0.378 e. The molecule has 0 radical (unpaired) electrons. The number of ether oxygens (including phenoxy) is 1. The van der Waals surface area contributed by atoms with Gasteiger partial charge in [-0.2, -0.15) is 0 Å². The molecular formula is C22H22N4O. The van der Waals surface area contributed by atoms with Crippen LogP contribution in [0.15, 0.2) is 54.6 Å². The molecule has 1 aliphatic rings. The zero-order valence-electron chi connectivity index (χ0n) is 15.3. The number of nitrogens with zero attached hydrogens (tertiary/aromatic N) is 2. The number of rotatable bonds is 3. The summed E-state index contributed by atoms with van der Waals surface area (Å²) in [6.45, 7) is 5.51. The minimum atomic E-state index is 0.786. The van der Waals surface area contributed by atoms with Gasteiger partial charge in [-0.1, -0.05) is 30.3 Å². The highest BCUT2D eigenvalue weighted by molar-refractivity contribution is 5.86. The van der Waals surface area contributed by atoms with Crippen molar-refractivity contribution in [3.8, 4) is 22.6 Å². The first kappa shape index (κ1) is 16.1. The summed E-state index contributed by atoms with van der Waals surface area (Å²) in [5.74, 6) is 0.871. The molecule has 1 fully saturated rings. The zero-order chi connectivity index (χ0) is 18.2. The fourth-order valence-corrected chi connectivity index (χ4v) is 3.76. The lowest BCUT2D eigenvalue weighted by Gasteiger charge is -2.28. The van der Waals surface area contributed by atoms with E-state index in [1.165, 1.54) is 16.8 Å². The van der Waals surface area contributed by atoms with E-state index in [0.717, 1.165) is 54.5 Å². The average molecular weight is 358 g/mol. The van der Waals surface area contributed by atoms with E-state index in [4.69, 9.17) is 9.72 Å². The first-order chi connectivity index (χ1) is 13.3. The predicted octanol–water partition coefficient (Wildman–Crippen LogP) is 4.37. The fraction of sp³-hybridized carbons (Fsp3) is 0.227. The number of aryl methyl sites for hydroxylation is 1. The molecule has 2 aromatic carbocycles. The van der Waals surface area contributed by atoms with E-state index in [-0.39, 0.29) is 0 Å². The molecule has 4 aromatic rings. The molecule has 0 saturated carbocycles. The van der Waals surface area contributed by atoms with E-state index in [2.05, 4.69) is 70.3 Å². The molecular weight excluding hydrogens is 336 g/mol. The van der Waals surface area contributed by atoms with Gasteiger partial charge in [-0.15, -0.1) is 0 Å². The number of hydrogen-bond donors (Lipinski definition) is 2. The van der Waals surface area contributed by atoms with Gasteiger partial charge in [0.25, 0.3) is 0 Å². The molecule has 2 aromatic heterocycles. The summed E-state index contributed by atoms with van der Waals surface area (Å²) in [6, 6.07) is 19.0. The number of H-pyrrole nitrogens is 2. The van der Waals surface area contributed by atoms with Crippen molar-refractivity contribution in [2.75, 3.05) is 31.2 Å². The molecule has 2 N–H and O–H groups in total. The molecule has 1 saturated heterocycles. The van der Waals surface area contributed by atoms with Crippen molar-refractivity contribution in [3.63, 3.8) is 0 Å². The molecule has 0 bridgehead atoms. The molecule has 27 heavy (non-hydrogen) atoms. The maximum Gasteiger partial charge on any atom is 0.155 e. The normalized spacial score (nSPS) is 14.8. The summed E-state index contributed by atoms with van der Waals surface area (Å²) in [7, 11) is 0. The SMILES string of the molecule is Cc1cc(-c2ccccc2)c(-c2nc3ccc(N4CCOCC4)cc3[nH]2)[nH]1. The quantitative estimate of drug-likeness (QED) is 0.572. The van der Waals surface area contributed by atoms with Gasteiger partial charge in [-0.25, -0.2) is 4.98 Å². The smallest absolute Gasteiger partial charge is 0.155 e. The summed E-state index contributed by atoms with van der Waals surface area (Å²) in [6.07, 6.45) is 0. The van der Waals surface area contributed by atoms with Gasteiger partial charge < -0.3 is 19.6 Å². The molecule has 1 aliphatic heterocycles. The van der Waals surface area contributed by atoms with Crippen LogP contribution in [0.3, 0.4) is 0 Å². The zero-order valence-corrected chi connectivity index (χ0v) is 15.3. The van der Waals surface area contributed by atoms with Crippen LogP contribution in [0.2, 0.25) is 0 Å². The van der Waals surface area contributed by atoms with E-state index >= 15 is 0 Å². The Balaban J connectivity index is 1.56. The van der Waals surface area contributed by atoms with Gasteiger partial charge in [0.15, 0.2) is 5.82 Å². The van der Waals surface area contributed by atoms with Crippen molar-refractivity contribution < 1.29 is 4.74 Å². The predicted molar refractivity (Wildman–Crippen MR) is 109 cm³/mol. The lowest BCUT2D eigenvalue weighted by atomic mass is 10.1. The van der Waals surface area contributed by atoms with Gasteiger partial charge >= 0.3 is 0 Å². The second-order valence-electron chi connectivity index (χ2n) is 6.99. The Morgan fingerprint density at radius 1 is 0.963 bits per heavy atom. The van der Waals surface area contributed by atoms with Crippen LogP contribution in [0, 0.1) is 6.92 Å². The van der Waals surface area contributed by atoms with Crippen LogP contribution in [0.25, 0.3) is 33.7 Å². The first-order valence-corrected chi connectivity index (χ1v) is 9.36. The highest BCUT2D eigenvalue weighted by atomic mass is 16.5. The van der Waals surface area contributed by atoms with Gasteiger partial charge in [-0.05, 0) is 36.8 Å². The molecule has 0 unspecified atom stereocenters. The second kappa shape index (κ2) is 6.59. The van der Waals surface area contributed by atoms with Gasteiger partial charge in [0.1, 0.15) is 0 Å². The summed E-state index contributed by atoms with van der Waals surface area (Å²) in [5.41, 5.74) is 7.76. The maximum absolute atomic E-state index is 5.46. The molecule has 0 aliphatic carbocycles. The van der Waals surface area contributed by atoms with Gasteiger partial charge in [-0.3, -0.25) is 0 Å². The number of fused-ring (bicyclic) bond motifs is 1. The Hall–Kier alpha value is -3.05. The number of nitrogens with one attached hydrogen (secondary N) is 2. The molecule has 136 valence electrons. The first-order valence-electron chi connectivity index (χ1n) is 9.36. The van der Waals surface area contributed by atoms with E-state index in [1.54, 1.807) is 0 Å². The fourth-order valence-electron chi connectivity index (χ4n) is 3.76. The summed E-state index contributed by atoms with van der Waals surface area (Å²) in [4.78, 5) is 14.2. The van der Waals surface area contributed by atoms with Crippen LogP contribution in [0.1, 0.15) is 5.69 Å². The van der Waals surface area contributed by atoms with Crippen molar-refractivity contribution in [2.45, 2.75) is 6.92 Å². The molecule has 3 heterocycles. The van der Waals surface area contributed by atoms with Gasteiger partial charge in [0.2, 0.25) is 0 Å². The van der Waals surface area contributed by atoms with Crippen LogP contribution in [0.4, 0.5) is 5.69 Å². The monoisotopic (exact) mass is 358 g/mol. The number of hydrogen-bond acceptors (Lipinski definition) is 3. The Labute approximate surface area is 158 Å². The Morgan fingerprint density at radius 3 is 2.59 bits per heavy atom. The number of aromatic nitrogens is 3. The molecule has 0 amide bonds. The number of anilines is 1. The number of benzene rings is 2. The summed E-state index contributed by atoms with van der Waals surface area (Å²) in [5, 5.41) is 0. The van der Waals surface area contributed by atoms with Crippen molar-refractivity contribution >= 4 is 16.7 Å². The Bertz CT molecular complexity index is 1070. The number of aromatic amines is 2. The number of imidazole rings is 1. The minimum Gasteiger partial charge on any atom is -0.378 e. The highest BCUT2D eigenvalue weighted by Crippen LogP contribution is 2.32. The molecule has 5 heteroatoms. The summed E-state index contributed by atoms with van der Waals surface area (Å²) < 4.78 is 5.46. The average Bonchev–Trinajstić information content (AvgIpc) is 3.32. The molecule has 5 rings (SSSR count). The third-order valence-electron chi connectivity index (χ3n) is 5.12. The lowest BCUT2D eigenvalue weighted by molar-refractivity contribution is 0.122. The van der Waals surface area contributed by atoms with Crippen molar-refractivity contribution in [1.82, 2.24) is 15.0 Å². The molecule has 0 atom stereocenters. The third kappa shape index (κ3) is 3.00. The van der Waals surface area contributed by atoms with E-state index < -0.39 is 0 Å². The van der Waals surface area contributed by atoms with Gasteiger partial charge in [0.05, 0.1) is 29.9 Å². The summed E-state index contributed by atoms with van der Waals surface area (Å²) >= 11 is 0. The molecule has 0 spiro atoms. The van der Waals surface area contributed by atoms with Crippen LogP contribution < -0.4 is 4.90 Å². The van der Waals surface area contributed by atoms with Crippen molar-refractivity contribution in [3.05, 3.63) is 60.3 Å². The van der Waals surface area contributed by atoms with Crippen LogP contribution in [-0.4, -0.2) is 41.3 Å². The number of morpholine rings is 1. The highest BCUT2D eigenvalue weighted by Gasteiger charge is 2.16. The lowest BCUT2D eigenvalue weighted by Crippen LogP contribution is -2.36. The molecule has 5 nitrogen and oxygen atoms in total. The van der Waals surface area contributed by atoms with E-state index in [0.29, 0.717) is 0 Å². The van der Waals surface area contributed by atoms with Crippen LogP contribution >= 0.6 is 0 Å². The van der Waals surface area contributed by atoms with E-state index in [1.807, 2.05) is 6.07 Å². The van der Waals surface area contributed by atoms with E-state index in [9.17, 15) is 0 Å². The van der Waals surface area contributed by atoms with Crippen molar-refractivity contribution in [2.24, 2.45) is 0 Å². The Kier molecular flexibility index (Phi) is 3.94. The van der Waals surface area contributed by atoms with Gasteiger partial charge in [0, 0.05) is 30.0 Å². The minimum absolute atomic E-state index is 0.786. The van der Waals surface area contributed by atoms with Crippen LogP contribution in [-0.2, 0) is 4.74 Å².